The maximum Gasteiger partial charge on any atom is 0.232 e. The standard InChI is InChI=1S/C17H25NOS/c1-15-9-11-18(12-10-15)17(19)14-20-13-5-8-16-6-3-2-4-7-16/h2-4,6-7,15H,5,8-14H2,1H3. The molecule has 0 unspecified atom stereocenters. The summed E-state index contributed by atoms with van der Waals surface area (Å²) >= 11 is 1.78. The molecule has 0 aliphatic carbocycles. The van der Waals surface area contributed by atoms with Crippen LogP contribution in [0, 0.1) is 5.92 Å². The number of rotatable bonds is 6. The van der Waals surface area contributed by atoms with Gasteiger partial charge >= 0.3 is 0 Å². The van der Waals surface area contributed by atoms with Crippen molar-refractivity contribution in [3.05, 3.63) is 35.9 Å². The summed E-state index contributed by atoms with van der Waals surface area (Å²) in [6.07, 6.45) is 4.61. The van der Waals surface area contributed by atoms with Gasteiger partial charge in [0, 0.05) is 13.1 Å². The number of hydrogen-bond donors (Lipinski definition) is 0. The second kappa shape index (κ2) is 8.35. The monoisotopic (exact) mass is 291 g/mol. The highest BCUT2D eigenvalue weighted by atomic mass is 32.2. The summed E-state index contributed by atoms with van der Waals surface area (Å²) in [5.74, 6) is 2.85. The summed E-state index contributed by atoms with van der Waals surface area (Å²) in [5.41, 5.74) is 1.39. The first-order chi connectivity index (χ1) is 9.75. The van der Waals surface area contributed by atoms with Crippen molar-refractivity contribution >= 4 is 17.7 Å². The van der Waals surface area contributed by atoms with E-state index in [1.54, 1.807) is 11.8 Å². The Morgan fingerprint density at radius 2 is 1.95 bits per heavy atom. The van der Waals surface area contributed by atoms with Gasteiger partial charge in [0.05, 0.1) is 5.75 Å². The Morgan fingerprint density at radius 3 is 2.65 bits per heavy atom. The van der Waals surface area contributed by atoms with E-state index in [1.807, 2.05) is 4.90 Å². The lowest BCUT2D eigenvalue weighted by molar-refractivity contribution is -0.129. The van der Waals surface area contributed by atoms with E-state index in [-0.39, 0.29) is 0 Å². The molecule has 2 nitrogen and oxygen atoms in total. The van der Waals surface area contributed by atoms with Crippen molar-refractivity contribution < 1.29 is 4.79 Å². The molecule has 1 amide bonds. The molecule has 0 bridgehead atoms. The molecule has 0 spiro atoms. The van der Waals surface area contributed by atoms with E-state index < -0.39 is 0 Å². The van der Waals surface area contributed by atoms with Crippen LogP contribution in [0.2, 0.25) is 0 Å². The van der Waals surface area contributed by atoms with E-state index in [1.165, 1.54) is 18.4 Å². The van der Waals surface area contributed by atoms with Crippen LogP contribution in [0.4, 0.5) is 0 Å². The maximum atomic E-state index is 12.0. The molecule has 3 heteroatoms. The third kappa shape index (κ3) is 5.20. The van der Waals surface area contributed by atoms with Crippen LogP contribution < -0.4 is 0 Å². The zero-order valence-corrected chi connectivity index (χ0v) is 13.2. The van der Waals surface area contributed by atoms with Gasteiger partial charge in [-0.25, -0.2) is 0 Å². The molecule has 0 saturated carbocycles. The third-order valence-corrected chi connectivity index (χ3v) is 4.99. The fraction of sp³-hybridized carbons (Fsp3) is 0.588. The van der Waals surface area contributed by atoms with Gasteiger partial charge in [-0.2, -0.15) is 11.8 Å². The van der Waals surface area contributed by atoms with E-state index in [0.29, 0.717) is 11.7 Å². The SMILES string of the molecule is CC1CCN(C(=O)CSCCCc2ccccc2)CC1. The summed E-state index contributed by atoms with van der Waals surface area (Å²) < 4.78 is 0. The van der Waals surface area contributed by atoms with Crippen molar-refractivity contribution in [1.82, 2.24) is 4.90 Å². The zero-order valence-electron chi connectivity index (χ0n) is 12.4. The van der Waals surface area contributed by atoms with Gasteiger partial charge in [-0.1, -0.05) is 37.3 Å². The fourth-order valence-corrected chi connectivity index (χ4v) is 3.38. The number of benzene rings is 1. The lowest BCUT2D eigenvalue weighted by Gasteiger charge is -2.30. The molecule has 20 heavy (non-hydrogen) atoms. The Kier molecular flexibility index (Phi) is 6.44. The molecule has 0 atom stereocenters. The van der Waals surface area contributed by atoms with E-state index in [9.17, 15) is 4.79 Å². The quantitative estimate of drug-likeness (QED) is 0.746. The van der Waals surface area contributed by atoms with Gasteiger partial charge in [-0.3, -0.25) is 4.79 Å². The molecule has 1 aromatic carbocycles. The van der Waals surface area contributed by atoms with Crippen LogP contribution in [0.25, 0.3) is 0 Å². The number of carbonyl (C=O) groups is 1. The van der Waals surface area contributed by atoms with Gasteiger partial charge in [-0.15, -0.1) is 0 Å². The summed E-state index contributed by atoms with van der Waals surface area (Å²) in [6, 6.07) is 10.6. The van der Waals surface area contributed by atoms with Crippen molar-refractivity contribution in [2.24, 2.45) is 5.92 Å². The summed E-state index contributed by atoms with van der Waals surface area (Å²) in [5, 5.41) is 0. The Balaban J connectivity index is 1.55. The van der Waals surface area contributed by atoms with Crippen LogP contribution in [-0.4, -0.2) is 35.4 Å². The molecule has 0 N–H and O–H groups in total. The number of likely N-dealkylation sites (tertiary alicyclic amines) is 1. The first-order valence-electron chi connectivity index (χ1n) is 7.65. The molecule has 0 radical (unpaired) electrons. The number of hydrogen-bond acceptors (Lipinski definition) is 2. The minimum atomic E-state index is 0.335. The molecule has 1 fully saturated rings. The Labute approximate surface area is 126 Å². The number of amides is 1. The molecule has 1 aliphatic heterocycles. The molecule has 110 valence electrons. The van der Waals surface area contributed by atoms with Crippen molar-refractivity contribution in [2.75, 3.05) is 24.6 Å². The van der Waals surface area contributed by atoms with Crippen molar-refractivity contribution in [3.63, 3.8) is 0 Å². The minimum absolute atomic E-state index is 0.335. The largest absolute Gasteiger partial charge is 0.342 e. The van der Waals surface area contributed by atoms with E-state index >= 15 is 0 Å². The van der Waals surface area contributed by atoms with Crippen LogP contribution in [0.1, 0.15) is 31.7 Å². The Hall–Kier alpha value is -0.960. The normalized spacial score (nSPS) is 16.4. The summed E-state index contributed by atoms with van der Waals surface area (Å²) in [6.45, 7) is 4.20. The maximum absolute atomic E-state index is 12.0. The summed E-state index contributed by atoms with van der Waals surface area (Å²) in [4.78, 5) is 14.1. The lowest BCUT2D eigenvalue weighted by Crippen LogP contribution is -2.38. The first-order valence-corrected chi connectivity index (χ1v) is 8.80. The van der Waals surface area contributed by atoms with Crippen molar-refractivity contribution in [1.29, 1.82) is 0 Å². The van der Waals surface area contributed by atoms with Gasteiger partial charge in [0.2, 0.25) is 5.91 Å². The summed E-state index contributed by atoms with van der Waals surface area (Å²) in [7, 11) is 0. The molecule has 1 aliphatic rings. The fourth-order valence-electron chi connectivity index (χ4n) is 2.53. The van der Waals surface area contributed by atoms with Gasteiger partial charge in [0.15, 0.2) is 0 Å². The number of carbonyl (C=O) groups excluding carboxylic acids is 1. The Bertz CT molecular complexity index is 399. The second-order valence-electron chi connectivity index (χ2n) is 5.71. The molecular weight excluding hydrogens is 266 g/mol. The highest BCUT2D eigenvalue weighted by molar-refractivity contribution is 7.99. The lowest BCUT2D eigenvalue weighted by atomic mass is 9.99. The van der Waals surface area contributed by atoms with E-state index in [4.69, 9.17) is 0 Å². The van der Waals surface area contributed by atoms with Crippen LogP contribution in [0.3, 0.4) is 0 Å². The van der Waals surface area contributed by atoms with Gasteiger partial charge in [0.1, 0.15) is 0 Å². The second-order valence-corrected chi connectivity index (χ2v) is 6.81. The van der Waals surface area contributed by atoms with Gasteiger partial charge < -0.3 is 4.90 Å². The highest BCUT2D eigenvalue weighted by Gasteiger charge is 2.19. The topological polar surface area (TPSA) is 20.3 Å². The third-order valence-electron chi connectivity index (χ3n) is 3.96. The zero-order chi connectivity index (χ0) is 14.2. The number of nitrogens with zero attached hydrogens (tertiary/aromatic N) is 1. The van der Waals surface area contributed by atoms with Crippen molar-refractivity contribution in [3.8, 4) is 0 Å². The first kappa shape index (κ1) is 15.4. The van der Waals surface area contributed by atoms with E-state index in [0.717, 1.165) is 37.6 Å². The van der Waals surface area contributed by atoms with E-state index in [2.05, 4.69) is 37.3 Å². The average molecular weight is 291 g/mol. The number of aryl methyl sites for hydroxylation is 1. The van der Waals surface area contributed by atoms with Crippen LogP contribution in [-0.2, 0) is 11.2 Å². The molecule has 0 aromatic heterocycles. The van der Waals surface area contributed by atoms with Crippen LogP contribution >= 0.6 is 11.8 Å². The average Bonchev–Trinajstić information content (AvgIpc) is 2.48. The minimum Gasteiger partial charge on any atom is -0.342 e. The van der Waals surface area contributed by atoms with Crippen molar-refractivity contribution in [2.45, 2.75) is 32.6 Å². The van der Waals surface area contributed by atoms with Crippen LogP contribution in [0.15, 0.2) is 30.3 Å². The van der Waals surface area contributed by atoms with Gasteiger partial charge in [-0.05, 0) is 42.9 Å². The smallest absolute Gasteiger partial charge is 0.232 e. The molecule has 1 aromatic rings. The number of thioether (sulfide) groups is 1. The predicted molar refractivity (Wildman–Crippen MR) is 87.1 cm³/mol. The number of piperidine rings is 1. The Morgan fingerprint density at radius 1 is 1.25 bits per heavy atom. The van der Waals surface area contributed by atoms with Crippen LogP contribution in [0.5, 0.6) is 0 Å². The molecule has 1 saturated heterocycles. The highest BCUT2D eigenvalue weighted by Crippen LogP contribution is 2.17. The molecule has 1 heterocycles. The molecule has 2 rings (SSSR count). The predicted octanol–water partition coefficient (Wildman–Crippen LogP) is 3.61. The van der Waals surface area contributed by atoms with Gasteiger partial charge in [0.25, 0.3) is 0 Å². The molecular formula is C17H25NOS.